The quantitative estimate of drug-likeness (QED) is 0.644. The van der Waals surface area contributed by atoms with E-state index in [0.717, 1.165) is 5.39 Å². The van der Waals surface area contributed by atoms with Crippen molar-refractivity contribution in [3.63, 3.8) is 0 Å². The Bertz CT molecular complexity index is 755. The lowest BCUT2D eigenvalue weighted by Crippen LogP contribution is -2.34. The second kappa shape index (κ2) is 6.55. The van der Waals surface area contributed by atoms with E-state index in [1.165, 1.54) is 13.2 Å². The van der Waals surface area contributed by atoms with E-state index in [2.05, 4.69) is 25.4 Å². The molecule has 0 spiro atoms. The average Bonchev–Trinajstić information content (AvgIpc) is 2.51. The summed E-state index contributed by atoms with van der Waals surface area (Å²) in [5.41, 5.74) is 0. The average molecular weight is 372 g/mol. The molecule has 1 N–H and O–H groups in total. The van der Waals surface area contributed by atoms with Crippen LogP contribution in [-0.4, -0.2) is 32.9 Å². The molecular formula is C14H14BrNO4S. The summed E-state index contributed by atoms with van der Waals surface area (Å²) in [6.45, 7) is -0.0851. The highest BCUT2D eigenvalue weighted by Gasteiger charge is 2.21. The zero-order valence-corrected chi connectivity index (χ0v) is 13.6. The maximum Gasteiger partial charge on any atom is 0.320 e. The maximum absolute atomic E-state index is 12.4. The molecule has 112 valence electrons. The van der Waals surface area contributed by atoms with Crippen LogP contribution in [0.2, 0.25) is 0 Å². The van der Waals surface area contributed by atoms with E-state index in [1.54, 1.807) is 18.2 Å². The Kier molecular flexibility index (Phi) is 4.97. The minimum absolute atomic E-state index is 0.0851. The van der Waals surface area contributed by atoms with Gasteiger partial charge in [0.1, 0.15) is 4.83 Å². The van der Waals surface area contributed by atoms with Gasteiger partial charge in [0.2, 0.25) is 10.0 Å². The van der Waals surface area contributed by atoms with Gasteiger partial charge in [0.25, 0.3) is 0 Å². The second-order valence-electron chi connectivity index (χ2n) is 4.32. The van der Waals surface area contributed by atoms with Crippen molar-refractivity contribution in [2.75, 3.05) is 13.7 Å². The fourth-order valence-electron chi connectivity index (χ4n) is 1.90. The highest BCUT2D eigenvalue weighted by Crippen LogP contribution is 2.22. The second-order valence-corrected chi connectivity index (χ2v) is 7.16. The molecule has 0 aliphatic carbocycles. The van der Waals surface area contributed by atoms with Crippen molar-refractivity contribution in [1.82, 2.24) is 4.72 Å². The molecule has 0 bridgehead atoms. The van der Waals surface area contributed by atoms with Gasteiger partial charge in [-0.2, -0.15) is 0 Å². The number of halogens is 1. The number of carbonyl (C=O) groups excluding carboxylic acids is 1. The summed E-state index contributed by atoms with van der Waals surface area (Å²) >= 11 is 3.08. The van der Waals surface area contributed by atoms with E-state index in [-0.39, 0.29) is 11.4 Å². The normalized spacial score (nSPS) is 13.0. The van der Waals surface area contributed by atoms with Crippen LogP contribution >= 0.6 is 15.9 Å². The van der Waals surface area contributed by atoms with Crippen LogP contribution in [0.1, 0.15) is 0 Å². The lowest BCUT2D eigenvalue weighted by molar-refractivity contribution is -0.139. The zero-order chi connectivity index (χ0) is 15.5. The van der Waals surface area contributed by atoms with Crippen molar-refractivity contribution >= 4 is 42.7 Å². The Labute approximate surface area is 131 Å². The summed E-state index contributed by atoms with van der Waals surface area (Å²) in [6, 6.07) is 12.3. The Balaban J connectivity index is 2.28. The summed E-state index contributed by atoms with van der Waals surface area (Å²) in [4.78, 5) is 10.7. The minimum atomic E-state index is -3.71. The van der Waals surface area contributed by atoms with Gasteiger partial charge in [-0.25, -0.2) is 13.1 Å². The van der Waals surface area contributed by atoms with Crippen LogP contribution < -0.4 is 4.72 Å². The van der Waals surface area contributed by atoms with Crippen molar-refractivity contribution in [1.29, 1.82) is 0 Å². The van der Waals surface area contributed by atoms with Gasteiger partial charge >= 0.3 is 5.97 Å². The van der Waals surface area contributed by atoms with Crippen LogP contribution in [0.4, 0.5) is 0 Å². The predicted molar refractivity (Wildman–Crippen MR) is 83.9 cm³/mol. The fraction of sp³-hybridized carbons (Fsp3) is 0.214. The van der Waals surface area contributed by atoms with Gasteiger partial charge in [-0.05, 0) is 11.5 Å². The third kappa shape index (κ3) is 3.61. The largest absolute Gasteiger partial charge is 0.468 e. The van der Waals surface area contributed by atoms with E-state index < -0.39 is 20.8 Å². The lowest BCUT2D eigenvalue weighted by Gasteiger charge is -2.11. The number of carbonyl (C=O) groups is 1. The Morgan fingerprint density at radius 1 is 1.24 bits per heavy atom. The number of nitrogens with one attached hydrogen (secondary N) is 1. The molecule has 2 aromatic rings. The molecule has 0 fully saturated rings. The Hall–Kier alpha value is -1.44. The molecule has 0 aliphatic heterocycles. The lowest BCUT2D eigenvalue weighted by atomic mass is 10.1. The van der Waals surface area contributed by atoms with Crippen molar-refractivity contribution < 1.29 is 17.9 Å². The molecule has 1 atom stereocenters. The highest BCUT2D eigenvalue weighted by atomic mass is 79.9. The van der Waals surface area contributed by atoms with E-state index in [4.69, 9.17) is 0 Å². The highest BCUT2D eigenvalue weighted by molar-refractivity contribution is 9.10. The third-order valence-corrected chi connectivity index (χ3v) is 5.13. The molecule has 21 heavy (non-hydrogen) atoms. The van der Waals surface area contributed by atoms with Gasteiger partial charge in [-0.1, -0.05) is 52.3 Å². The summed E-state index contributed by atoms with van der Waals surface area (Å²) < 4.78 is 31.7. The molecule has 0 saturated heterocycles. The van der Waals surface area contributed by atoms with Crippen molar-refractivity contribution in [3.05, 3.63) is 42.5 Å². The first kappa shape index (κ1) is 15.9. The number of sulfonamides is 1. The van der Waals surface area contributed by atoms with Gasteiger partial charge in [-0.15, -0.1) is 0 Å². The van der Waals surface area contributed by atoms with Crippen LogP contribution in [0.25, 0.3) is 10.8 Å². The number of benzene rings is 2. The Morgan fingerprint density at radius 3 is 2.62 bits per heavy atom. The number of fused-ring (bicyclic) bond motifs is 1. The minimum Gasteiger partial charge on any atom is -0.468 e. The molecule has 0 heterocycles. The molecule has 0 amide bonds. The van der Waals surface area contributed by atoms with Crippen LogP contribution in [0.3, 0.4) is 0 Å². The first-order valence-electron chi connectivity index (χ1n) is 6.15. The maximum atomic E-state index is 12.4. The standard InChI is InChI=1S/C14H14BrNO4S/c1-20-14(17)12(15)9-16-21(18,19)13-8-4-6-10-5-2-3-7-11(10)13/h2-8,12,16H,9H2,1H3. The molecule has 0 saturated carbocycles. The van der Waals surface area contributed by atoms with E-state index in [0.29, 0.717) is 5.39 Å². The summed E-state index contributed by atoms with van der Waals surface area (Å²) in [5.74, 6) is -0.532. The fourth-order valence-corrected chi connectivity index (χ4v) is 3.74. The number of methoxy groups -OCH3 is 1. The number of ether oxygens (including phenoxy) is 1. The first-order valence-corrected chi connectivity index (χ1v) is 8.55. The predicted octanol–water partition coefficient (Wildman–Crippen LogP) is 2.05. The number of hydrogen-bond acceptors (Lipinski definition) is 4. The number of alkyl halides is 1. The topological polar surface area (TPSA) is 72.5 Å². The van der Waals surface area contributed by atoms with Gasteiger partial charge in [0, 0.05) is 11.9 Å². The molecule has 7 heteroatoms. The summed E-state index contributed by atoms with van der Waals surface area (Å²) in [7, 11) is -2.47. The molecule has 0 aliphatic rings. The van der Waals surface area contributed by atoms with Gasteiger partial charge < -0.3 is 4.74 Å². The monoisotopic (exact) mass is 371 g/mol. The van der Waals surface area contributed by atoms with Crippen molar-refractivity contribution in [3.8, 4) is 0 Å². The molecule has 1 unspecified atom stereocenters. The third-order valence-electron chi connectivity index (χ3n) is 2.95. The SMILES string of the molecule is COC(=O)C(Br)CNS(=O)(=O)c1cccc2ccccc12. The van der Waals surface area contributed by atoms with Crippen LogP contribution in [0.15, 0.2) is 47.4 Å². The van der Waals surface area contributed by atoms with E-state index in [9.17, 15) is 13.2 Å². The van der Waals surface area contributed by atoms with Gasteiger partial charge in [-0.3, -0.25) is 4.79 Å². The van der Waals surface area contributed by atoms with Crippen LogP contribution in [-0.2, 0) is 19.6 Å². The molecular weight excluding hydrogens is 358 g/mol. The molecule has 0 radical (unpaired) electrons. The van der Waals surface area contributed by atoms with Crippen molar-refractivity contribution in [2.45, 2.75) is 9.72 Å². The smallest absolute Gasteiger partial charge is 0.320 e. The van der Waals surface area contributed by atoms with Gasteiger partial charge in [0.15, 0.2) is 0 Å². The number of esters is 1. The molecule has 2 rings (SSSR count). The molecule has 5 nitrogen and oxygen atoms in total. The first-order chi connectivity index (χ1) is 9.95. The zero-order valence-electron chi connectivity index (χ0n) is 11.2. The number of rotatable bonds is 5. The van der Waals surface area contributed by atoms with E-state index >= 15 is 0 Å². The Morgan fingerprint density at radius 2 is 1.90 bits per heavy atom. The number of hydrogen-bond donors (Lipinski definition) is 1. The summed E-state index contributed by atoms with van der Waals surface area (Å²) in [6.07, 6.45) is 0. The van der Waals surface area contributed by atoms with Gasteiger partial charge in [0.05, 0.1) is 12.0 Å². The summed E-state index contributed by atoms with van der Waals surface area (Å²) in [5, 5.41) is 1.47. The van der Waals surface area contributed by atoms with Crippen LogP contribution in [0, 0.1) is 0 Å². The van der Waals surface area contributed by atoms with Crippen molar-refractivity contribution in [2.24, 2.45) is 0 Å². The molecule has 2 aromatic carbocycles. The van der Waals surface area contributed by atoms with Crippen LogP contribution in [0.5, 0.6) is 0 Å². The molecule has 0 aromatic heterocycles. The van der Waals surface area contributed by atoms with E-state index in [1.807, 2.05) is 18.2 Å².